The van der Waals surface area contributed by atoms with Crippen LogP contribution in [0.15, 0.2) is 18.2 Å². The van der Waals surface area contributed by atoms with E-state index >= 15 is 0 Å². The molecule has 1 aliphatic rings. The van der Waals surface area contributed by atoms with Gasteiger partial charge in [0.1, 0.15) is 0 Å². The highest BCUT2D eigenvalue weighted by atomic mass is 16.4. The number of nitrogens with one attached hydrogen (secondary N) is 2. The topological polar surface area (TPSA) is 78.4 Å². The zero-order valence-electron chi connectivity index (χ0n) is 11.6. The third kappa shape index (κ3) is 3.50. The molecule has 0 saturated carbocycles. The van der Waals surface area contributed by atoms with Gasteiger partial charge < -0.3 is 15.7 Å². The summed E-state index contributed by atoms with van der Waals surface area (Å²) < 4.78 is 0. The molecule has 108 valence electrons. The highest BCUT2D eigenvalue weighted by Crippen LogP contribution is 2.22. The van der Waals surface area contributed by atoms with Crippen LogP contribution in [0, 0.1) is 5.92 Å². The first kappa shape index (κ1) is 14.4. The van der Waals surface area contributed by atoms with Gasteiger partial charge in [0.25, 0.3) is 5.91 Å². The van der Waals surface area contributed by atoms with E-state index in [9.17, 15) is 9.59 Å². The van der Waals surface area contributed by atoms with Gasteiger partial charge in [-0.2, -0.15) is 0 Å². The standard InChI is InChI=1S/C15H20N2O3/c1-10(15(19)20)3-2-7-17-14(18)12-4-5-13-11(9-12)6-8-16-13/h4-5,9-10,16H,2-3,6-8H2,1H3,(H,17,18)(H,19,20). The molecule has 20 heavy (non-hydrogen) atoms. The fourth-order valence-corrected chi connectivity index (χ4v) is 2.28. The van der Waals surface area contributed by atoms with Crippen molar-refractivity contribution in [2.75, 3.05) is 18.4 Å². The number of carbonyl (C=O) groups excluding carboxylic acids is 1. The lowest BCUT2D eigenvalue weighted by Gasteiger charge is -2.08. The van der Waals surface area contributed by atoms with Crippen LogP contribution in [0.4, 0.5) is 5.69 Å². The number of rotatable bonds is 6. The van der Waals surface area contributed by atoms with Gasteiger partial charge in [-0.3, -0.25) is 9.59 Å². The molecule has 0 spiro atoms. The predicted molar refractivity (Wildman–Crippen MR) is 77.0 cm³/mol. The van der Waals surface area contributed by atoms with Crippen LogP contribution >= 0.6 is 0 Å². The minimum Gasteiger partial charge on any atom is -0.481 e. The Bertz CT molecular complexity index is 514. The van der Waals surface area contributed by atoms with E-state index < -0.39 is 5.97 Å². The molecule has 0 aliphatic carbocycles. The summed E-state index contributed by atoms with van der Waals surface area (Å²) in [5, 5.41) is 14.9. The van der Waals surface area contributed by atoms with E-state index in [1.165, 1.54) is 5.56 Å². The summed E-state index contributed by atoms with van der Waals surface area (Å²) >= 11 is 0. The smallest absolute Gasteiger partial charge is 0.306 e. The van der Waals surface area contributed by atoms with E-state index in [2.05, 4.69) is 10.6 Å². The van der Waals surface area contributed by atoms with Crippen LogP contribution < -0.4 is 10.6 Å². The molecular formula is C15H20N2O3. The molecule has 1 atom stereocenters. The van der Waals surface area contributed by atoms with Gasteiger partial charge in [0.05, 0.1) is 5.92 Å². The lowest BCUT2D eigenvalue weighted by atomic mass is 10.1. The average Bonchev–Trinajstić information content (AvgIpc) is 2.90. The predicted octanol–water partition coefficient (Wildman–Crippen LogP) is 1.89. The van der Waals surface area contributed by atoms with Crippen LogP contribution in [0.25, 0.3) is 0 Å². The Morgan fingerprint density at radius 1 is 1.45 bits per heavy atom. The van der Waals surface area contributed by atoms with Crippen LogP contribution in [0.1, 0.15) is 35.7 Å². The number of carboxylic acids is 1. The van der Waals surface area contributed by atoms with Gasteiger partial charge >= 0.3 is 5.97 Å². The monoisotopic (exact) mass is 276 g/mol. The highest BCUT2D eigenvalue weighted by molar-refractivity contribution is 5.95. The SMILES string of the molecule is CC(CCCNC(=O)c1ccc2c(c1)CCN2)C(=O)O. The Morgan fingerprint density at radius 3 is 3.00 bits per heavy atom. The number of hydrogen-bond acceptors (Lipinski definition) is 3. The second kappa shape index (κ2) is 6.41. The van der Waals surface area contributed by atoms with Gasteiger partial charge in [-0.25, -0.2) is 0 Å². The highest BCUT2D eigenvalue weighted by Gasteiger charge is 2.14. The van der Waals surface area contributed by atoms with Crippen LogP contribution in [0.2, 0.25) is 0 Å². The molecule has 0 bridgehead atoms. The van der Waals surface area contributed by atoms with E-state index in [1.54, 1.807) is 6.92 Å². The van der Waals surface area contributed by atoms with Crippen molar-refractivity contribution in [3.05, 3.63) is 29.3 Å². The van der Waals surface area contributed by atoms with Crippen molar-refractivity contribution in [3.8, 4) is 0 Å². The number of benzene rings is 1. The molecule has 1 aliphatic heterocycles. The maximum atomic E-state index is 12.0. The van der Waals surface area contributed by atoms with Crippen LogP contribution in [0.5, 0.6) is 0 Å². The van der Waals surface area contributed by atoms with Gasteiger partial charge in [0, 0.05) is 24.3 Å². The molecule has 5 heteroatoms. The summed E-state index contributed by atoms with van der Waals surface area (Å²) in [7, 11) is 0. The third-order valence-corrected chi connectivity index (χ3v) is 3.60. The number of anilines is 1. The first-order valence-electron chi connectivity index (χ1n) is 6.95. The first-order valence-corrected chi connectivity index (χ1v) is 6.95. The van der Waals surface area contributed by atoms with Crippen molar-refractivity contribution in [2.45, 2.75) is 26.2 Å². The molecule has 3 N–H and O–H groups in total. The third-order valence-electron chi connectivity index (χ3n) is 3.60. The molecule has 1 amide bonds. The van der Waals surface area contributed by atoms with E-state index in [1.807, 2.05) is 18.2 Å². The molecule has 1 heterocycles. The lowest BCUT2D eigenvalue weighted by molar-refractivity contribution is -0.141. The van der Waals surface area contributed by atoms with Crippen molar-refractivity contribution in [3.63, 3.8) is 0 Å². The normalized spacial score (nSPS) is 14.2. The molecule has 0 saturated heterocycles. The summed E-state index contributed by atoms with van der Waals surface area (Å²) in [5.41, 5.74) is 2.95. The van der Waals surface area contributed by atoms with Crippen molar-refractivity contribution in [2.24, 2.45) is 5.92 Å². The summed E-state index contributed by atoms with van der Waals surface area (Å²) in [6.07, 6.45) is 2.20. The molecule has 0 aromatic heterocycles. The number of carbonyl (C=O) groups is 2. The van der Waals surface area contributed by atoms with E-state index in [0.29, 0.717) is 24.9 Å². The van der Waals surface area contributed by atoms with Gasteiger partial charge in [0.2, 0.25) is 0 Å². The van der Waals surface area contributed by atoms with Crippen molar-refractivity contribution in [1.29, 1.82) is 0 Å². The average molecular weight is 276 g/mol. The van der Waals surface area contributed by atoms with E-state index in [-0.39, 0.29) is 11.8 Å². The molecule has 1 aromatic rings. The maximum absolute atomic E-state index is 12.0. The Kier molecular flexibility index (Phi) is 4.61. The zero-order valence-corrected chi connectivity index (χ0v) is 11.6. The van der Waals surface area contributed by atoms with Crippen LogP contribution in [-0.2, 0) is 11.2 Å². The second-order valence-electron chi connectivity index (χ2n) is 5.19. The van der Waals surface area contributed by atoms with Crippen LogP contribution in [0.3, 0.4) is 0 Å². The number of hydrogen-bond donors (Lipinski definition) is 3. The Morgan fingerprint density at radius 2 is 2.25 bits per heavy atom. The minimum atomic E-state index is -0.789. The molecule has 2 rings (SSSR count). The zero-order chi connectivity index (χ0) is 14.5. The number of fused-ring (bicyclic) bond motifs is 1. The summed E-state index contributed by atoms with van der Waals surface area (Å²) in [4.78, 5) is 22.6. The van der Waals surface area contributed by atoms with E-state index in [4.69, 9.17) is 5.11 Å². The first-order chi connectivity index (χ1) is 9.58. The Balaban J connectivity index is 1.79. The number of carboxylic acid groups (broad SMARTS) is 1. The van der Waals surface area contributed by atoms with Gasteiger partial charge in [-0.1, -0.05) is 6.92 Å². The number of aliphatic carboxylic acids is 1. The van der Waals surface area contributed by atoms with Gasteiger partial charge in [0.15, 0.2) is 0 Å². The van der Waals surface area contributed by atoms with Crippen LogP contribution in [-0.4, -0.2) is 30.1 Å². The lowest BCUT2D eigenvalue weighted by Crippen LogP contribution is -2.25. The van der Waals surface area contributed by atoms with E-state index in [0.717, 1.165) is 18.7 Å². The number of amides is 1. The fraction of sp³-hybridized carbons (Fsp3) is 0.467. The molecule has 0 fully saturated rings. The summed E-state index contributed by atoms with van der Waals surface area (Å²) in [6.45, 7) is 3.11. The quantitative estimate of drug-likeness (QED) is 0.693. The minimum absolute atomic E-state index is 0.0947. The van der Waals surface area contributed by atoms with Crippen molar-refractivity contribution < 1.29 is 14.7 Å². The Labute approximate surface area is 118 Å². The van der Waals surface area contributed by atoms with Crippen molar-refractivity contribution >= 4 is 17.6 Å². The van der Waals surface area contributed by atoms with Gasteiger partial charge in [-0.15, -0.1) is 0 Å². The molecule has 1 aromatic carbocycles. The molecule has 0 radical (unpaired) electrons. The summed E-state index contributed by atoms with van der Waals surface area (Å²) in [6, 6.07) is 5.67. The fourth-order valence-electron chi connectivity index (χ4n) is 2.28. The molecule has 5 nitrogen and oxygen atoms in total. The molecular weight excluding hydrogens is 256 g/mol. The molecule has 1 unspecified atom stereocenters. The van der Waals surface area contributed by atoms with Crippen molar-refractivity contribution in [1.82, 2.24) is 5.32 Å². The Hall–Kier alpha value is -2.04. The largest absolute Gasteiger partial charge is 0.481 e. The summed E-state index contributed by atoms with van der Waals surface area (Å²) in [5.74, 6) is -1.25. The second-order valence-corrected chi connectivity index (χ2v) is 5.19. The maximum Gasteiger partial charge on any atom is 0.306 e. The van der Waals surface area contributed by atoms with Gasteiger partial charge in [-0.05, 0) is 43.0 Å².